The summed E-state index contributed by atoms with van der Waals surface area (Å²) >= 11 is 0. The Morgan fingerprint density at radius 2 is 0.506 bits per heavy atom. The molecule has 0 aliphatic rings. The van der Waals surface area contributed by atoms with Gasteiger partial charge in [-0.25, -0.2) is 0 Å². The van der Waals surface area contributed by atoms with Crippen molar-refractivity contribution in [2.45, 2.75) is 322 Å². The molecule has 0 radical (unpaired) electrons. The van der Waals surface area contributed by atoms with Crippen molar-refractivity contribution in [2.75, 3.05) is 13.2 Å². The molecule has 0 fully saturated rings. The van der Waals surface area contributed by atoms with Gasteiger partial charge in [0.05, 0.1) is 0 Å². The van der Waals surface area contributed by atoms with Crippen molar-refractivity contribution in [1.82, 2.24) is 0 Å². The number of esters is 3. The molecule has 1 atom stereocenters. The second-order valence-electron chi connectivity index (χ2n) is 21.6. The summed E-state index contributed by atoms with van der Waals surface area (Å²) in [6.45, 7) is 6.51. The third-order valence-electron chi connectivity index (χ3n) is 14.0. The first kappa shape index (κ1) is 73.3. The summed E-state index contributed by atoms with van der Waals surface area (Å²) in [6.07, 6.45) is 87.0. The van der Waals surface area contributed by atoms with Crippen LogP contribution in [0.25, 0.3) is 0 Å². The highest BCUT2D eigenvalue weighted by Crippen LogP contribution is 2.16. The Bertz CT molecular complexity index is 1510. The lowest BCUT2D eigenvalue weighted by molar-refractivity contribution is -0.167. The highest BCUT2D eigenvalue weighted by Gasteiger charge is 2.19. The van der Waals surface area contributed by atoms with Gasteiger partial charge in [-0.05, 0) is 122 Å². The molecule has 0 aromatic heterocycles. The molecule has 442 valence electrons. The molecule has 77 heavy (non-hydrogen) atoms. The molecule has 0 aliphatic carbocycles. The van der Waals surface area contributed by atoms with Crippen LogP contribution in [0.5, 0.6) is 0 Å². The lowest BCUT2D eigenvalue weighted by Crippen LogP contribution is -2.30. The van der Waals surface area contributed by atoms with Gasteiger partial charge in [0.1, 0.15) is 13.2 Å². The van der Waals surface area contributed by atoms with Gasteiger partial charge in [-0.3, -0.25) is 14.4 Å². The van der Waals surface area contributed by atoms with E-state index in [0.29, 0.717) is 19.3 Å². The van der Waals surface area contributed by atoms with E-state index in [9.17, 15) is 14.4 Å². The number of carbonyl (C=O) groups excluding carboxylic acids is 3. The highest BCUT2D eigenvalue weighted by molar-refractivity contribution is 5.71. The summed E-state index contributed by atoms with van der Waals surface area (Å²) in [5, 5.41) is 0. The van der Waals surface area contributed by atoms with Crippen LogP contribution in [0.1, 0.15) is 316 Å². The van der Waals surface area contributed by atoms with Crippen LogP contribution in [0.2, 0.25) is 0 Å². The maximum Gasteiger partial charge on any atom is 0.306 e. The van der Waals surface area contributed by atoms with Gasteiger partial charge in [0, 0.05) is 19.3 Å². The molecule has 0 amide bonds. The Labute approximate surface area is 477 Å². The van der Waals surface area contributed by atoms with Crippen molar-refractivity contribution in [2.24, 2.45) is 0 Å². The number of allylic oxidation sites excluding steroid dienone is 16. The lowest BCUT2D eigenvalue weighted by atomic mass is 10.0. The maximum absolute atomic E-state index is 12.9. The number of unbranched alkanes of at least 4 members (excludes halogenated alkanes) is 32. The Morgan fingerprint density at radius 3 is 0.818 bits per heavy atom. The van der Waals surface area contributed by atoms with Crippen LogP contribution in [0, 0.1) is 0 Å². The van der Waals surface area contributed by atoms with Crippen molar-refractivity contribution in [3.8, 4) is 0 Å². The lowest BCUT2D eigenvalue weighted by Gasteiger charge is -2.18. The third-order valence-corrected chi connectivity index (χ3v) is 14.0. The van der Waals surface area contributed by atoms with Gasteiger partial charge in [-0.1, -0.05) is 272 Å². The number of carbonyl (C=O) groups is 3. The minimum atomic E-state index is -0.789. The predicted octanol–water partition coefficient (Wildman–Crippen LogP) is 22.4. The van der Waals surface area contributed by atoms with Crippen LogP contribution < -0.4 is 0 Å². The summed E-state index contributed by atoms with van der Waals surface area (Å²) in [7, 11) is 0. The third kappa shape index (κ3) is 63.0. The molecule has 0 rings (SSSR count). The van der Waals surface area contributed by atoms with E-state index in [0.717, 1.165) is 122 Å². The van der Waals surface area contributed by atoms with Crippen LogP contribution in [0.15, 0.2) is 97.2 Å². The second kappa shape index (κ2) is 64.9. The average Bonchev–Trinajstić information content (AvgIpc) is 3.43. The van der Waals surface area contributed by atoms with Crippen LogP contribution in [0.4, 0.5) is 0 Å². The summed E-state index contributed by atoms with van der Waals surface area (Å²) in [4.78, 5) is 38.3. The smallest absolute Gasteiger partial charge is 0.306 e. The van der Waals surface area contributed by atoms with E-state index in [1.54, 1.807) is 0 Å². The zero-order valence-electron chi connectivity index (χ0n) is 50.7. The summed E-state index contributed by atoms with van der Waals surface area (Å²) in [5.74, 6) is -0.898. The van der Waals surface area contributed by atoms with Gasteiger partial charge in [0.2, 0.25) is 0 Å². The van der Waals surface area contributed by atoms with Crippen molar-refractivity contribution < 1.29 is 28.6 Å². The zero-order chi connectivity index (χ0) is 55.7. The molecule has 0 N–H and O–H groups in total. The maximum atomic E-state index is 12.9. The largest absolute Gasteiger partial charge is 0.462 e. The first-order chi connectivity index (χ1) is 38.0. The van der Waals surface area contributed by atoms with Crippen LogP contribution in [0.3, 0.4) is 0 Å². The van der Waals surface area contributed by atoms with Crippen LogP contribution in [-0.4, -0.2) is 37.2 Å². The molecule has 0 saturated heterocycles. The topological polar surface area (TPSA) is 78.9 Å². The molecule has 0 aliphatic heterocycles. The van der Waals surface area contributed by atoms with Gasteiger partial charge >= 0.3 is 17.9 Å². The van der Waals surface area contributed by atoms with E-state index in [-0.39, 0.29) is 31.1 Å². The van der Waals surface area contributed by atoms with Gasteiger partial charge in [0.15, 0.2) is 6.10 Å². The quantitative estimate of drug-likeness (QED) is 0.0261. The number of hydrogen-bond acceptors (Lipinski definition) is 6. The van der Waals surface area contributed by atoms with Crippen molar-refractivity contribution in [3.05, 3.63) is 97.2 Å². The molecule has 0 aromatic carbocycles. The predicted molar refractivity (Wildman–Crippen MR) is 334 cm³/mol. The highest BCUT2D eigenvalue weighted by atomic mass is 16.6. The average molecular weight is 1070 g/mol. The molecule has 6 heteroatoms. The van der Waals surface area contributed by atoms with Crippen LogP contribution in [-0.2, 0) is 28.6 Å². The summed E-state index contributed by atoms with van der Waals surface area (Å²) in [6, 6.07) is 0. The molecule has 6 nitrogen and oxygen atoms in total. The Kier molecular flexibility index (Phi) is 61.8. The summed E-state index contributed by atoms with van der Waals surface area (Å²) < 4.78 is 16.9. The molecule has 0 bridgehead atoms. The molecular formula is C71H122O6. The molecule has 0 heterocycles. The molecule has 0 spiro atoms. The number of hydrogen-bond donors (Lipinski definition) is 0. The normalized spacial score (nSPS) is 12.7. The van der Waals surface area contributed by atoms with Crippen LogP contribution >= 0.6 is 0 Å². The first-order valence-electron chi connectivity index (χ1n) is 32.7. The number of rotatable bonds is 59. The minimum Gasteiger partial charge on any atom is -0.462 e. The Balaban J connectivity index is 4.28. The van der Waals surface area contributed by atoms with E-state index in [1.807, 2.05) is 0 Å². The molecule has 1 unspecified atom stereocenters. The minimum absolute atomic E-state index is 0.0848. The van der Waals surface area contributed by atoms with E-state index in [1.165, 1.54) is 154 Å². The first-order valence-corrected chi connectivity index (χ1v) is 32.7. The summed E-state index contributed by atoms with van der Waals surface area (Å²) in [5.41, 5.74) is 0. The fourth-order valence-electron chi connectivity index (χ4n) is 9.14. The van der Waals surface area contributed by atoms with Gasteiger partial charge in [0.25, 0.3) is 0 Å². The van der Waals surface area contributed by atoms with Gasteiger partial charge in [-0.15, -0.1) is 0 Å². The van der Waals surface area contributed by atoms with Gasteiger partial charge in [-0.2, -0.15) is 0 Å². The van der Waals surface area contributed by atoms with Gasteiger partial charge < -0.3 is 14.2 Å². The van der Waals surface area contributed by atoms with E-state index in [4.69, 9.17) is 14.2 Å². The fourth-order valence-corrected chi connectivity index (χ4v) is 9.14. The fraction of sp³-hybridized carbons (Fsp3) is 0.732. The van der Waals surface area contributed by atoms with Crippen molar-refractivity contribution in [1.29, 1.82) is 0 Å². The van der Waals surface area contributed by atoms with Crippen molar-refractivity contribution in [3.63, 3.8) is 0 Å². The van der Waals surface area contributed by atoms with E-state index < -0.39 is 6.10 Å². The standard InChI is InChI=1S/C71H122O6/c1-4-7-10-13-16-19-22-25-28-30-31-32-33-34-35-36-37-38-39-40-41-42-44-46-49-52-55-58-61-64-70(73)76-67-68(66-75-69(72)63-60-57-54-51-48-45-27-24-21-18-15-12-9-6-3)77-71(74)65-62-59-56-53-50-47-43-29-26-23-20-17-14-11-8-5-2/h7,10,16,19-20,23-25,27-29,31-32,34-35,43,68H,4-6,8-9,11-15,17-18,21-22,26,30,33,36-42,44-67H2,1-3H3/b10-7-,19-16-,23-20-,27-24-,28-25-,32-31-,35-34-,43-29-. The Morgan fingerprint density at radius 1 is 0.273 bits per heavy atom. The van der Waals surface area contributed by atoms with E-state index in [2.05, 4.69) is 118 Å². The molecule has 0 aromatic rings. The monoisotopic (exact) mass is 1070 g/mol. The second-order valence-corrected chi connectivity index (χ2v) is 21.6. The van der Waals surface area contributed by atoms with Crippen molar-refractivity contribution >= 4 is 17.9 Å². The molecule has 0 saturated carbocycles. The number of ether oxygens (including phenoxy) is 3. The molecular weight excluding hydrogens is 949 g/mol. The SMILES string of the molecule is CC/C=C\C/C=C\C/C=C\C/C=C\C/C=C\CCCCCCCCCCCCCCCC(=O)OCC(COC(=O)CCCCCCC/C=C\CCCCCCC)OC(=O)CCCCCCC/C=C\C/C=C\CCCCCC. The zero-order valence-corrected chi connectivity index (χ0v) is 50.7. The Hall–Kier alpha value is -3.67. The van der Waals surface area contributed by atoms with E-state index >= 15 is 0 Å².